The molecule has 12 rings (SSSR count). The van der Waals surface area contributed by atoms with Crippen molar-refractivity contribution in [1.29, 1.82) is 0 Å². The van der Waals surface area contributed by atoms with Crippen LogP contribution >= 0.6 is 43.2 Å². The van der Waals surface area contributed by atoms with E-state index in [1.807, 2.05) is 0 Å². The van der Waals surface area contributed by atoms with Gasteiger partial charge in [0.25, 0.3) is 23.6 Å². The number of aliphatic hydroxyl groups excluding tert-OH is 3. The Bertz CT molecular complexity index is 2060. The molecule has 0 aliphatic carbocycles. The topological polar surface area (TPSA) is 183 Å². The summed E-state index contributed by atoms with van der Waals surface area (Å²) >= 11 is 0. The predicted molar refractivity (Wildman–Crippen MR) is 186 cm³/mol. The lowest BCUT2D eigenvalue weighted by atomic mass is 9.52. The van der Waals surface area contributed by atoms with E-state index in [4.69, 9.17) is 0 Å². The average Bonchev–Trinajstić information content (AvgIpc) is 3.74. The molecule has 8 saturated heterocycles. The van der Waals surface area contributed by atoms with Crippen molar-refractivity contribution in [2.45, 2.75) is 74.8 Å². The van der Waals surface area contributed by atoms with Crippen molar-refractivity contribution in [2.75, 3.05) is 24.7 Å². The number of likely N-dealkylation sites (N-methyl/N-ethyl adjacent to an activating group) is 2. The fourth-order valence-corrected chi connectivity index (χ4v) is 18.4. The number of benzene rings is 2. The van der Waals surface area contributed by atoms with Gasteiger partial charge in [-0.1, -0.05) is 36.4 Å². The number of carbonyl (C=O) groups excluding carboxylic acids is 5. The molecule has 260 valence electrons. The smallest absolute Gasteiger partial charge is 0.271 e. The van der Waals surface area contributed by atoms with Gasteiger partial charge in [-0.3, -0.25) is 33.8 Å². The van der Waals surface area contributed by atoms with Gasteiger partial charge in [-0.15, -0.1) is 0 Å². The van der Waals surface area contributed by atoms with Crippen molar-refractivity contribution in [3.05, 3.63) is 59.7 Å². The van der Waals surface area contributed by atoms with Crippen molar-refractivity contribution < 1.29 is 39.3 Å². The Labute approximate surface area is 300 Å². The molecule has 10 aliphatic rings. The van der Waals surface area contributed by atoms with Crippen LogP contribution in [0.4, 0.5) is 11.4 Å². The maximum absolute atomic E-state index is 15.0. The van der Waals surface area contributed by atoms with E-state index in [0.29, 0.717) is 22.5 Å². The largest absolute Gasteiger partial charge is 0.389 e. The normalized spacial score (nSPS) is 44.8. The Morgan fingerprint density at radius 2 is 1.18 bits per heavy atom. The molecule has 2 aromatic rings. The van der Waals surface area contributed by atoms with E-state index >= 15 is 0 Å². The lowest BCUT2D eigenvalue weighted by Crippen LogP contribution is -2.80. The first-order valence-corrected chi connectivity index (χ1v) is 20.3. The number of carbonyl (C=O) groups is 5. The standard InChI is InChI=1S/C32H30N6O8S4/c1-13(39)29-25(45)37-21-27(15-9-5-7-11-17(15)33-21,19(41)31(37,49-47-29)23(43)35(29)3)28-16-10-6-8-12-18(16)34-22(28)38-26(46)30(14(2)40)36(4)24(44)32(38,20(28)42)50-48-30/h5-13,19-22,33-34,39,41-42H,1-4H3/t13-,19-,20-,21+,22+,27+,28+,29-,30+,31-,32-/m0/s1. The van der Waals surface area contributed by atoms with Gasteiger partial charge in [0.2, 0.25) is 19.5 Å². The molecular formula is C32H30N6O8S4. The van der Waals surface area contributed by atoms with Crippen molar-refractivity contribution in [1.82, 2.24) is 19.6 Å². The molecule has 50 heavy (non-hydrogen) atoms. The molecule has 14 nitrogen and oxygen atoms in total. The maximum atomic E-state index is 15.0. The van der Waals surface area contributed by atoms with Gasteiger partial charge in [-0.2, -0.15) is 0 Å². The molecule has 11 atom stereocenters. The summed E-state index contributed by atoms with van der Waals surface area (Å²) in [6.07, 6.45) is -7.27. The minimum absolute atomic E-state index is 0.472. The highest BCUT2D eigenvalue weighted by molar-refractivity contribution is 8.78. The second kappa shape index (κ2) is 9.08. The first kappa shape index (κ1) is 31.6. The van der Waals surface area contributed by atoms with Crippen LogP contribution in [0.1, 0.15) is 25.0 Å². The lowest BCUT2D eigenvalue weighted by Gasteiger charge is -2.59. The second-order valence-electron chi connectivity index (χ2n) is 14.1. The SMILES string of the molecule is CC(=O)[C@]12SS[C@]3(C(=O)N1C)[C@@H](O)[C@]1([C@@]45c6ccccc6N[C@@H]4N4C(=O)[C@]6([C@H](C)O)SS[C@]4(C(=O)N6C)[C@H]5O)c4ccccc4N[C@@H]1N3C2=O. The highest BCUT2D eigenvalue weighted by Gasteiger charge is 2.93. The van der Waals surface area contributed by atoms with E-state index in [1.54, 1.807) is 48.5 Å². The highest BCUT2D eigenvalue weighted by atomic mass is 33.1. The summed E-state index contributed by atoms with van der Waals surface area (Å²) in [5.74, 6) is -3.11. The van der Waals surface area contributed by atoms with E-state index < -0.39 is 90.4 Å². The molecule has 18 heteroatoms. The van der Waals surface area contributed by atoms with Crippen molar-refractivity contribution in [3.63, 3.8) is 0 Å². The van der Waals surface area contributed by atoms with Crippen molar-refractivity contribution in [3.8, 4) is 0 Å². The molecule has 4 bridgehead atoms. The average molecular weight is 755 g/mol. The summed E-state index contributed by atoms with van der Waals surface area (Å²) in [5.41, 5.74) is -1.64. The number of aliphatic hydroxyl groups is 3. The predicted octanol–water partition coefficient (Wildman–Crippen LogP) is 0.261. The molecule has 0 aromatic heterocycles. The summed E-state index contributed by atoms with van der Waals surface area (Å²) in [7, 11) is 6.69. The third-order valence-electron chi connectivity index (χ3n) is 12.6. The van der Waals surface area contributed by atoms with Crippen LogP contribution in [0, 0.1) is 0 Å². The van der Waals surface area contributed by atoms with Crippen LogP contribution in [0.5, 0.6) is 0 Å². The molecule has 0 unspecified atom stereocenters. The van der Waals surface area contributed by atoms with Gasteiger partial charge in [0, 0.05) is 25.5 Å². The quantitative estimate of drug-likeness (QED) is 0.213. The Kier molecular flexibility index (Phi) is 5.74. The minimum atomic E-state index is -1.97. The van der Waals surface area contributed by atoms with Gasteiger partial charge in [0.1, 0.15) is 24.5 Å². The van der Waals surface area contributed by atoms with Gasteiger partial charge in [0.15, 0.2) is 5.78 Å². The van der Waals surface area contributed by atoms with Crippen LogP contribution < -0.4 is 10.6 Å². The van der Waals surface area contributed by atoms with Gasteiger partial charge in [0.05, 0.1) is 16.9 Å². The highest BCUT2D eigenvalue weighted by Crippen LogP contribution is 2.78. The van der Waals surface area contributed by atoms with Crippen molar-refractivity contribution in [2.24, 2.45) is 0 Å². The molecule has 0 radical (unpaired) electrons. The van der Waals surface area contributed by atoms with E-state index in [0.717, 1.165) is 48.1 Å². The summed E-state index contributed by atoms with van der Waals surface area (Å²) in [6.45, 7) is 2.70. The zero-order chi connectivity index (χ0) is 35.3. The van der Waals surface area contributed by atoms with Crippen LogP contribution in [-0.2, 0) is 34.8 Å². The Morgan fingerprint density at radius 3 is 1.68 bits per heavy atom. The summed E-state index contributed by atoms with van der Waals surface area (Å²) in [6, 6.07) is 14.2. The molecule has 2 aromatic carbocycles. The monoisotopic (exact) mass is 754 g/mol. The van der Waals surface area contributed by atoms with Gasteiger partial charge in [-0.05, 0) is 80.3 Å². The number of hydrogen-bond donors (Lipinski definition) is 5. The number of nitrogens with one attached hydrogen (secondary N) is 2. The van der Waals surface area contributed by atoms with Crippen LogP contribution in [0.3, 0.4) is 0 Å². The number of anilines is 2. The van der Waals surface area contributed by atoms with Gasteiger partial charge >= 0.3 is 0 Å². The van der Waals surface area contributed by atoms with Crippen LogP contribution in [0.25, 0.3) is 0 Å². The molecule has 10 heterocycles. The third-order valence-corrected chi connectivity index (χ3v) is 20.0. The minimum Gasteiger partial charge on any atom is -0.389 e. The van der Waals surface area contributed by atoms with E-state index in [2.05, 4.69) is 10.6 Å². The lowest BCUT2D eigenvalue weighted by molar-refractivity contribution is -0.172. The first-order chi connectivity index (χ1) is 23.7. The number of amides is 4. The van der Waals surface area contributed by atoms with Gasteiger partial charge < -0.3 is 35.8 Å². The number of fused-ring (bicyclic) bond motifs is 11. The van der Waals surface area contributed by atoms with E-state index in [1.165, 1.54) is 42.6 Å². The Morgan fingerprint density at radius 1 is 0.720 bits per heavy atom. The molecular weight excluding hydrogens is 725 g/mol. The first-order valence-electron chi connectivity index (χ1n) is 16.0. The van der Waals surface area contributed by atoms with Crippen LogP contribution in [0.2, 0.25) is 0 Å². The molecule has 4 amide bonds. The number of ketones is 1. The fourth-order valence-electron chi connectivity index (χ4n) is 10.5. The van der Waals surface area contributed by atoms with Crippen LogP contribution in [-0.4, -0.2) is 129 Å². The number of rotatable bonds is 3. The molecule has 2 spiro atoms. The molecule has 0 saturated carbocycles. The van der Waals surface area contributed by atoms with E-state index in [-0.39, 0.29) is 0 Å². The Hall–Kier alpha value is -3.13. The third kappa shape index (κ3) is 2.61. The number of nitrogens with zero attached hydrogens (tertiary/aromatic N) is 4. The number of hydrogen-bond acceptors (Lipinski definition) is 14. The summed E-state index contributed by atoms with van der Waals surface area (Å²) in [5, 5.41) is 44.8. The molecule has 8 fully saturated rings. The number of Topliss-reactive ketones (excluding diaryl/α,β-unsaturated/α-hetero) is 1. The fraction of sp³-hybridized carbons (Fsp3) is 0.469. The zero-order valence-corrected chi connectivity index (χ0v) is 30.1. The Balaban J connectivity index is 1.34. The maximum Gasteiger partial charge on any atom is 0.271 e. The summed E-state index contributed by atoms with van der Waals surface area (Å²) in [4.78, 5) is 70.2. The summed E-state index contributed by atoms with van der Waals surface area (Å²) < 4.78 is 0. The molecule has 5 N–H and O–H groups in total. The number of piperazine rings is 2. The zero-order valence-electron chi connectivity index (χ0n) is 26.8. The second-order valence-corrected chi connectivity index (χ2v) is 19.2. The van der Waals surface area contributed by atoms with Crippen LogP contribution in [0.15, 0.2) is 48.5 Å². The van der Waals surface area contributed by atoms with E-state index in [9.17, 15) is 39.3 Å². The number of para-hydroxylation sites is 2. The van der Waals surface area contributed by atoms with Gasteiger partial charge in [-0.25, -0.2) is 0 Å². The van der Waals surface area contributed by atoms with Crippen molar-refractivity contribution >= 4 is 84.0 Å². The molecule has 10 aliphatic heterocycles.